The van der Waals surface area contributed by atoms with E-state index in [0.29, 0.717) is 5.25 Å². The molecular weight excluding hydrogens is 387 g/mol. The van der Waals surface area contributed by atoms with Crippen molar-refractivity contribution in [2.24, 2.45) is 4.99 Å². The highest BCUT2D eigenvalue weighted by molar-refractivity contribution is 14.0. The maximum atomic E-state index is 11.5. The Hall–Kier alpha value is -0.180. The standard InChI is InChI=1S/C13H26N4OS.HI/c1-4-7-14-13(16-10-12(18)17(2)3)15-9-11-6-5-8-19-11;/h11H,4-10H2,1-3H3,(H2,14,15,16);1H. The first kappa shape index (κ1) is 19.8. The van der Waals surface area contributed by atoms with Gasteiger partial charge in [0.1, 0.15) is 6.54 Å². The number of aliphatic imine (C=N–C) groups is 1. The molecule has 1 saturated heterocycles. The lowest BCUT2D eigenvalue weighted by Crippen LogP contribution is -2.41. The zero-order valence-electron chi connectivity index (χ0n) is 12.6. The summed E-state index contributed by atoms with van der Waals surface area (Å²) in [5.41, 5.74) is 0. The fourth-order valence-electron chi connectivity index (χ4n) is 1.72. The number of rotatable bonds is 6. The topological polar surface area (TPSA) is 56.7 Å². The number of carbonyl (C=O) groups is 1. The van der Waals surface area contributed by atoms with Gasteiger partial charge in [0.05, 0.1) is 0 Å². The van der Waals surface area contributed by atoms with Gasteiger partial charge in [0.2, 0.25) is 5.91 Å². The third-order valence-corrected chi connectivity index (χ3v) is 4.33. The van der Waals surface area contributed by atoms with Crippen LogP contribution in [0.1, 0.15) is 26.2 Å². The van der Waals surface area contributed by atoms with E-state index in [0.717, 1.165) is 25.5 Å². The van der Waals surface area contributed by atoms with E-state index in [4.69, 9.17) is 0 Å². The fourth-order valence-corrected chi connectivity index (χ4v) is 2.92. The summed E-state index contributed by atoms with van der Waals surface area (Å²) in [6, 6.07) is 0. The Bertz CT molecular complexity index is 307. The van der Waals surface area contributed by atoms with Crippen LogP contribution in [0.4, 0.5) is 0 Å². The number of guanidine groups is 1. The molecular formula is C13H27IN4OS. The van der Waals surface area contributed by atoms with Gasteiger partial charge in [-0.3, -0.25) is 4.79 Å². The van der Waals surface area contributed by atoms with Gasteiger partial charge < -0.3 is 15.5 Å². The molecule has 118 valence electrons. The molecule has 0 bridgehead atoms. The van der Waals surface area contributed by atoms with Crippen LogP contribution in [-0.2, 0) is 4.79 Å². The Kier molecular flexibility index (Phi) is 11.4. The van der Waals surface area contributed by atoms with Crippen LogP contribution in [0.3, 0.4) is 0 Å². The molecule has 1 amide bonds. The Morgan fingerprint density at radius 3 is 2.70 bits per heavy atom. The minimum Gasteiger partial charge on any atom is -0.356 e. The zero-order chi connectivity index (χ0) is 14.1. The lowest BCUT2D eigenvalue weighted by molar-refractivity contribution is -0.127. The first-order valence-electron chi connectivity index (χ1n) is 6.97. The van der Waals surface area contributed by atoms with E-state index in [-0.39, 0.29) is 36.4 Å². The number of likely N-dealkylation sites (N-methyl/N-ethyl adjacent to an activating group) is 1. The summed E-state index contributed by atoms with van der Waals surface area (Å²) in [6.07, 6.45) is 3.63. The molecule has 1 rings (SSSR count). The lowest BCUT2D eigenvalue weighted by Gasteiger charge is -2.15. The maximum absolute atomic E-state index is 11.5. The smallest absolute Gasteiger partial charge is 0.243 e. The number of hydrogen-bond acceptors (Lipinski definition) is 3. The second kappa shape index (κ2) is 11.5. The van der Waals surface area contributed by atoms with Crippen LogP contribution in [0.15, 0.2) is 4.99 Å². The van der Waals surface area contributed by atoms with Crippen molar-refractivity contribution < 1.29 is 4.79 Å². The normalized spacial score (nSPS) is 18.4. The van der Waals surface area contributed by atoms with E-state index in [1.807, 2.05) is 11.8 Å². The van der Waals surface area contributed by atoms with Gasteiger partial charge in [-0.15, -0.1) is 24.0 Å². The second-order valence-corrected chi connectivity index (χ2v) is 6.30. The molecule has 0 saturated carbocycles. The molecule has 0 aromatic heterocycles. The molecule has 1 aliphatic rings. The van der Waals surface area contributed by atoms with Crippen LogP contribution in [0.2, 0.25) is 0 Å². The zero-order valence-corrected chi connectivity index (χ0v) is 15.8. The fraction of sp³-hybridized carbons (Fsp3) is 0.846. The third-order valence-electron chi connectivity index (χ3n) is 2.93. The van der Waals surface area contributed by atoms with Crippen molar-refractivity contribution >= 4 is 47.6 Å². The summed E-state index contributed by atoms with van der Waals surface area (Å²) in [5, 5.41) is 7.26. The van der Waals surface area contributed by atoms with Crippen LogP contribution < -0.4 is 10.6 Å². The first-order valence-corrected chi connectivity index (χ1v) is 8.02. The number of thioether (sulfide) groups is 1. The average molecular weight is 414 g/mol. The van der Waals surface area contributed by atoms with Crippen molar-refractivity contribution in [2.75, 3.05) is 39.5 Å². The van der Waals surface area contributed by atoms with E-state index in [2.05, 4.69) is 22.5 Å². The van der Waals surface area contributed by atoms with Gasteiger partial charge >= 0.3 is 0 Å². The quantitative estimate of drug-likeness (QED) is 0.393. The molecule has 20 heavy (non-hydrogen) atoms. The molecule has 1 heterocycles. The van der Waals surface area contributed by atoms with Gasteiger partial charge in [-0.05, 0) is 25.0 Å². The highest BCUT2D eigenvalue weighted by atomic mass is 127. The number of halogens is 1. The largest absolute Gasteiger partial charge is 0.356 e. The molecule has 5 nitrogen and oxygen atoms in total. The van der Waals surface area contributed by atoms with Crippen molar-refractivity contribution in [3.8, 4) is 0 Å². The Labute approximate surface area is 143 Å². The predicted octanol–water partition coefficient (Wildman–Crippen LogP) is 1.53. The molecule has 0 radical (unpaired) electrons. The summed E-state index contributed by atoms with van der Waals surface area (Å²) in [7, 11) is 3.50. The molecule has 0 spiro atoms. The van der Waals surface area contributed by atoms with Gasteiger partial charge in [-0.1, -0.05) is 6.92 Å². The lowest BCUT2D eigenvalue weighted by atomic mass is 10.2. The number of amides is 1. The summed E-state index contributed by atoms with van der Waals surface area (Å²) in [6.45, 7) is 4.11. The molecule has 1 fully saturated rings. The van der Waals surface area contributed by atoms with E-state index in [9.17, 15) is 4.79 Å². The van der Waals surface area contributed by atoms with Crippen LogP contribution >= 0.6 is 35.7 Å². The van der Waals surface area contributed by atoms with Gasteiger partial charge in [-0.25, -0.2) is 4.99 Å². The first-order chi connectivity index (χ1) is 9.13. The minimum atomic E-state index is 0. The molecule has 0 aromatic carbocycles. The van der Waals surface area contributed by atoms with Crippen molar-refractivity contribution in [2.45, 2.75) is 31.4 Å². The molecule has 0 aromatic rings. The van der Waals surface area contributed by atoms with Gasteiger partial charge in [-0.2, -0.15) is 11.8 Å². The van der Waals surface area contributed by atoms with E-state index in [1.165, 1.54) is 18.6 Å². The molecule has 2 N–H and O–H groups in total. The highest BCUT2D eigenvalue weighted by Crippen LogP contribution is 2.25. The maximum Gasteiger partial charge on any atom is 0.243 e. The minimum absolute atomic E-state index is 0. The van der Waals surface area contributed by atoms with Crippen molar-refractivity contribution in [3.05, 3.63) is 0 Å². The summed E-state index contributed by atoms with van der Waals surface area (Å²) >= 11 is 2.02. The van der Waals surface area contributed by atoms with Gasteiger partial charge in [0.15, 0.2) is 5.96 Å². The highest BCUT2D eigenvalue weighted by Gasteiger charge is 2.15. The third kappa shape index (κ3) is 8.18. The Morgan fingerprint density at radius 1 is 1.40 bits per heavy atom. The van der Waals surface area contributed by atoms with Crippen LogP contribution in [0, 0.1) is 0 Å². The van der Waals surface area contributed by atoms with Crippen LogP contribution in [-0.4, -0.2) is 61.5 Å². The summed E-state index contributed by atoms with van der Waals surface area (Å²) < 4.78 is 0. The number of nitrogens with zero attached hydrogens (tertiary/aromatic N) is 2. The summed E-state index contributed by atoms with van der Waals surface area (Å²) in [4.78, 5) is 17.4. The Morgan fingerprint density at radius 2 is 2.15 bits per heavy atom. The average Bonchev–Trinajstić information content (AvgIpc) is 2.90. The second-order valence-electron chi connectivity index (χ2n) is 4.90. The SMILES string of the molecule is CCCNC(=NCC(=O)N(C)C)NCC1CCCS1.I. The van der Waals surface area contributed by atoms with Crippen molar-refractivity contribution in [1.82, 2.24) is 15.5 Å². The molecule has 1 atom stereocenters. The van der Waals surface area contributed by atoms with E-state index < -0.39 is 0 Å². The summed E-state index contributed by atoms with van der Waals surface area (Å²) in [5.74, 6) is 2.04. The van der Waals surface area contributed by atoms with Crippen molar-refractivity contribution in [1.29, 1.82) is 0 Å². The Balaban J connectivity index is 0.00000361. The molecule has 1 aliphatic heterocycles. The number of carbonyl (C=O) groups excluding carboxylic acids is 1. The van der Waals surface area contributed by atoms with E-state index in [1.54, 1.807) is 19.0 Å². The van der Waals surface area contributed by atoms with E-state index >= 15 is 0 Å². The monoisotopic (exact) mass is 414 g/mol. The van der Waals surface area contributed by atoms with Crippen LogP contribution in [0.25, 0.3) is 0 Å². The number of nitrogens with one attached hydrogen (secondary N) is 2. The van der Waals surface area contributed by atoms with Gasteiger partial charge in [0, 0.05) is 32.4 Å². The van der Waals surface area contributed by atoms with Gasteiger partial charge in [0.25, 0.3) is 0 Å². The molecule has 1 unspecified atom stereocenters. The van der Waals surface area contributed by atoms with Crippen molar-refractivity contribution in [3.63, 3.8) is 0 Å². The molecule has 7 heteroatoms. The number of hydrogen-bond donors (Lipinski definition) is 2. The molecule has 0 aliphatic carbocycles. The van der Waals surface area contributed by atoms with Crippen LogP contribution in [0.5, 0.6) is 0 Å². The predicted molar refractivity (Wildman–Crippen MR) is 98.2 cm³/mol.